The van der Waals surface area contributed by atoms with Gasteiger partial charge in [0.1, 0.15) is 0 Å². The number of benzene rings is 6. The monoisotopic (exact) mass is 516 g/mol. The molecule has 0 saturated heterocycles. The Labute approximate surface area is 229 Å². The molecule has 2 nitrogen and oxygen atoms in total. The number of para-hydroxylation sites is 2. The maximum atomic E-state index is 6.10. The van der Waals surface area contributed by atoms with Gasteiger partial charge in [-0.3, -0.25) is 0 Å². The summed E-state index contributed by atoms with van der Waals surface area (Å²) in [5.74, 6) is 0. The SMILES string of the molecule is Clc1ccc(-c2ccc(-c3ccc4c(c3)n3c5ccccc5c5ccc6c7ccccc7n4c6c53)cc2)cc1. The molecule has 9 aromatic rings. The Morgan fingerprint density at radius 2 is 0.821 bits per heavy atom. The van der Waals surface area contributed by atoms with Crippen LogP contribution >= 0.6 is 11.6 Å². The Bertz CT molecular complexity index is 2370. The van der Waals surface area contributed by atoms with Gasteiger partial charge >= 0.3 is 0 Å². The molecule has 0 N–H and O–H groups in total. The molecule has 0 saturated carbocycles. The fourth-order valence-electron chi connectivity index (χ4n) is 6.57. The van der Waals surface area contributed by atoms with Crippen molar-refractivity contribution in [3.05, 3.63) is 132 Å². The normalized spacial score (nSPS) is 12.2. The van der Waals surface area contributed by atoms with E-state index in [1.54, 1.807) is 0 Å². The summed E-state index contributed by atoms with van der Waals surface area (Å²) in [5, 5.41) is 5.93. The van der Waals surface area contributed by atoms with Crippen LogP contribution in [0.4, 0.5) is 0 Å². The van der Waals surface area contributed by atoms with Crippen LogP contribution in [0.5, 0.6) is 0 Å². The third-order valence-corrected chi connectivity index (χ3v) is 8.57. The van der Waals surface area contributed by atoms with E-state index in [1.807, 2.05) is 12.1 Å². The molecule has 0 aliphatic rings. The molecular formula is C36H21ClN2. The molecule has 9 rings (SSSR count). The van der Waals surface area contributed by atoms with Crippen molar-refractivity contribution in [1.29, 1.82) is 0 Å². The molecule has 0 aliphatic carbocycles. The number of rotatable bonds is 2. The van der Waals surface area contributed by atoms with Crippen LogP contribution in [0, 0.1) is 0 Å². The molecule has 0 fully saturated rings. The summed E-state index contributed by atoms with van der Waals surface area (Å²) < 4.78 is 4.95. The summed E-state index contributed by atoms with van der Waals surface area (Å²) in [4.78, 5) is 0. The van der Waals surface area contributed by atoms with Crippen molar-refractivity contribution in [1.82, 2.24) is 8.80 Å². The molecule has 0 unspecified atom stereocenters. The summed E-state index contributed by atoms with van der Waals surface area (Å²) in [6, 6.07) is 45.9. The number of aromatic nitrogens is 2. The van der Waals surface area contributed by atoms with Crippen LogP contribution in [-0.2, 0) is 0 Å². The van der Waals surface area contributed by atoms with E-state index in [1.165, 1.54) is 71.3 Å². The van der Waals surface area contributed by atoms with Gasteiger partial charge < -0.3 is 8.80 Å². The maximum Gasteiger partial charge on any atom is 0.0789 e. The number of hydrogen-bond donors (Lipinski definition) is 0. The van der Waals surface area contributed by atoms with Gasteiger partial charge in [0.15, 0.2) is 0 Å². The average Bonchev–Trinajstić information content (AvgIpc) is 3.51. The summed E-state index contributed by atoms with van der Waals surface area (Å²) in [5.41, 5.74) is 12.2. The molecule has 0 atom stereocenters. The number of nitrogens with zero attached hydrogens (tertiary/aromatic N) is 2. The highest BCUT2D eigenvalue weighted by molar-refractivity contribution is 6.30. The Kier molecular flexibility index (Phi) is 4.14. The molecule has 182 valence electrons. The fraction of sp³-hybridized carbons (Fsp3) is 0. The van der Waals surface area contributed by atoms with Gasteiger partial charge in [0, 0.05) is 26.6 Å². The van der Waals surface area contributed by atoms with Crippen LogP contribution in [0.1, 0.15) is 0 Å². The van der Waals surface area contributed by atoms with Crippen molar-refractivity contribution in [2.24, 2.45) is 0 Å². The van der Waals surface area contributed by atoms with Crippen molar-refractivity contribution in [2.45, 2.75) is 0 Å². The van der Waals surface area contributed by atoms with Gasteiger partial charge in [-0.15, -0.1) is 0 Å². The standard InChI is InChI=1S/C36H21ClN2/c37-26-16-13-23(14-17-26)22-9-11-24(12-10-22)25-15-20-33-34(21-25)39-32-8-4-2-6-28(32)30-19-18-29-27-5-1-3-7-31(27)38(33)35(29)36(30)39/h1-21H. The van der Waals surface area contributed by atoms with Crippen molar-refractivity contribution in [2.75, 3.05) is 0 Å². The van der Waals surface area contributed by atoms with Crippen LogP contribution in [0.3, 0.4) is 0 Å². The minimum atomic E-state index is 0.755. The highest BCUT2D eigenvalue weighted by Gasteiger charge is 2.21. The topological polar surface area (TPSA) is 8.82 Å². The van der Waals surface area contributed by atoms with Crippen LogP contribution in [0.15, 0.2) is 127 Å². The summed E-state index contributed by atoms with van der Waals surface area (Å²) >= 11 is 6.10. The molecule has 3 heterocycles. The highest BCUT2D eigenvalue weighted by Crippen LogP contribution is 2.42. The smallest absolute Gasteiger partial charge is 0.0789 e. The Morgan fingerprint density at radius 3 is 1.41 bits per heavy atom. The van der Waals surface area contributed by atoms with Crippen LogP contribution in [0.25, 0.3) is 76.9 Å². The lowest BCUT2D eigenvalue weighted by molar-refractivity contribution is 1.26. The molecule has 3 heteroatoms. The van der Waals surface area contributed by atoms with Gasteiger partial charge in [-0.25, -0.2) is 0 Å². The van der Waals surface area contributed by atoms with Crippen LogP contribution in [-0.4, -0.2) is 8.80 Å². The van der Waals surface area contributed by atoms with E-state index in [-0.39, 0.29) is 0 Å². The van der Waals surface area contributed by atoms with Gasteiger partial charge in [0.05, 0.1) is 33.1 Å². The predicted octanol–water partition coefficient (Wildman–Crippen LogP) is 10.2. The lowest BCUT2D eigenvalue weighted by Crippen LogP contribution is -1.97. The fourth-order valence-corrected chi connectivity index (χ4v) is 6.70. The molecule has 3 aromatic heterocycles. The minimum Gasteiger partial charge on any atom is -0.305 e. The molecule has 39 heavy (non-hydrogen) atoms. The van der Waals surface area contributed by atoms with Crippen molar-refractivity contribution in [3.63, 3.8) is 0 Å². The first-order chi connectivity index (χ1) is 19.3. The second-order valence-electron chi connectivity index (χ2n) is 10.4. The van der Waals surface area contributed by atoms with E-state index in [0.717, 1.165) is 10.6 Å². The van der Waals surface area contributed by atoms with E-state index in [4.69, 9.17) is 11.6 Å². The summed E-state index contributed by atoms with van der Waals surface area (Å²) in [7, 11) is 0. The second-order valence-corrected chi connectivity index (χ2v) is 10.8. The van der Waals surface area contributed by atoms with E-state index in [9.17, 15) is 0 Å². The number of halogens is 1. The quantitative estimate of drug-likeness (QED) is 0.202. The van der Waals surface area contributed by atoms with E-state index >= 15 is 0 Å². The molecule has 6 aromatic carbocycles. The number of fused-ring (bicyclic) bond motifs is 9. The zero-order valence-electron chi connectivity index (χ0n) is 20.9. The first kappa shape index (κ1) is 21.2. The third-order valence-electron chi connectivity index (χ3n) is 8.32. The molecule has 0 radical (unpaired) electrons. The van der Waals surface area contributed by atoms with Crippen molar-refractivity contribution in [3.8, 4) is 22.3 Å². The van der Waals surface area contributed by atoms with E-state index < -0.39 is 0 Å². The third kappa shape index (κ3) is 2.81. The van der Waals surface area contributed by atoms with E-state index in [0.29, 0.717) is 0 Å². The van der Waals surface area contributed by atoms with Crippen molar-refractivity contribution >= 4 is 66.2 Å². The lowest BCUT2D eigenvalue weighted by Gasteiger charge is -2.13. The van der Waals surface area contributed by atoms with Gasteiger partial charge in [-0.05, 0) is 58.7 Å². The Hall–Kier alpha value is -4.79. The largest absolute Gasteiger partial charge is 0.305 e. The van der Waals surface area contributed by atoms with E-state index in [2.05, 4.69) is 124 Å². The van der Waals surface area contributed by atoms with Crippen LogP contribution < -0.4 is 0 Å². The minimum absolute atomic E-state index is 0.755. The molecule has 0 amide bonds. The first-order valence-electron chi connectivity index (χ1n) is 13.2. The van der Waals surface area contributed by atoms with Crippen LogP contribution in [0.2, 0.25) is 5.02 Å². The average molecular weight is 517 g/mol. The summed E-state index contributed by atoms with van der Waals surface area (Å²) in [6.45, 7) is 0. The number of hydrogen-bond acceptors (Lipinski definition) is 0. The molecule has 0 spiro atoms. The Morgan fingerprint density at radius 1 is 0.359 bits per heavy atom. The van der Waals surface area contributed by atoms with Crippen molar-refractivity contribution < 1.29 is 0 Å². The molecular weight excluding hydrogens is 496 g/mol. The molecule has 0 bridgehead atoms. The molecule has 0 aliphatic heterocycles. The zero-order chi connectivity index (χ0) is 25.7. The zero-order valence-corrected chi connectivity index (χ0v) is 21.7. The highest BCUT2D eigenvalue weighted by atomic mass is 35.5. The first-order valence-corrected chi connectivity index (χ1v) is 13.6. The van der Waals surface area contributed by atoms with Gasteiger partial charge in [-0.2, -0.15) is 0 Å². The van der Waals surface area contributed by atoms with Gasteiger partial charge in [0.2, 0.25) is 0 Å². The van der Waals surface area contributed by atoms with Gasteiger partial charge in [0.25, 0.3) is 0 Å². The maximum absolute atomic E-state index is 6.10. The lowest BCUT2D eigenvalue weighted by atomic mass is 10.00. The Balaban J connectivity index is 1.37. The van der Waals surface area contributed by atoms with Gasteiger partial charge in [-0.1, -0.05) is 103 Å². The predicted molar refractivity (Wildman–Crippen MR) is 165 cm³/mol. The second kappa shape index (κ2) is 7.63. The summed E-state index contributed by atoms with van der Waals surface area (Å²) in [6.07, 6.45) is 0.